The van der Waals surface area contributed by atoms with E-state index < -0.39 is 0 Å². The lowest BCUT2D eigenvalue weighted by molar-refractivity contribution is -0.131. The highest BCUT2D eigenvalue weighted by atomic mass is 16.5. The molecule has 0 radical (unpaired) electrons. The number of ether oxygens (including phenoxy) is 2. The molecule has 0 saturated heterocycles. The molecule has 0 aromatic heterocycles. The molecule has 3 heteroatoms. The lowest BCUT2D eigenvalue weighted by Crippen LogP contribution is -2.10. The Labute approximate surface area is 136 Å². The van der Waals surface area contributed by atoms with Crippen LogP contribution >= 0.6 is 0 Å². The molecule has 3 nitrogen and oxygen atoms in total. The van der Waals surface area contributed by atoms with Crippen LogP contribution in [0, 0.1) is 0 Å². The summed E-state index contributed by atoms with van der Waals surface area (Å²) in [5.41, 5.74) is 4.73. The van der Waals surface area contributed by atoms with E-state index in [1.165, 1.54) is 23.6 Å². The van der Waals surface area contributed by atoms with Gasteiger partial charge >= 0.3 is 5.97 Å². The standard InChI is InChI=1S/C20H20O3/c1-13(21)23-15-7-5-14(6-8-15)18-12-20(2,3)19-10-9-16(22-4)11-17(18)19/h5-12H,1-4H3. The number of esters is 1. The zero-order chi connectivity index (χ0) is 16.6. The highest BCUT2D eigenvalue weighted by Gasteiger charge is 2.30. The van der Waals surface area contributed by atoms with Gasteiger partial charge in [-0.1, -0.05) is 38.1 Å². The number of rotatable bonds is 3. The summed E-state index contributed by atoms with van der Waals surface area (Å²) in [4.78, 5) is 11.0. The monoisotopic (exact) mass is 308 g/mol. The Balaban J connectivity index is 2.02. The van der Waals surface area contributed by atoms with E-state index in [1.54, 1.807) is 7.11 Å². The van der Waals surface area contributed by atoms with Crippen molar-refractivity contribution >= 4 is 11.5 Å². The second-order valence-electron chi connectivity index (χ2n) is 6.31. The Bertz CT molecular complexity index is 783. The van der Waals surface area contributed by atoms with Gasteiger partial charge < -0.3 is 9.47 Å². The smallest absolute Gasteiger partial charge is 0.308 e. The third kappa shape index (κ3) is 2.87. The van der Waals surface area contributed by atoms with E-state index in [-0.39, 0.29) is 11.4 Å². The van der Waals surface area contributed by atoms with Gasteiger partial charge in [-0.05, 0) is 46.5 Å². The number of hydrogen-bond donors (Lipinski definition) is 0. The fraction of sp³-hybridized carbons (Fsp3) is 0.250. The molecule has 0 saturated carbocycles. The van der Waals surface area contributed by atoms with Crippen molar-refractivity contribution in [3.05, 3.63) is 65.2 Å². The third-order valence-corrected chi connectivity index (χ3v) is 4.14. The number of methoxy groups -OCH3 is 1. The summed E-state index contributed by atoms with van der Waals surface area (Å²) in [6.45, 7) is 5.82. The van der Waals surface area contributed by atoms with E-state index in [1.807, 2.05) is 30.3 Å². The molecule has 0 N–H and O–H groups in total. The first-order valence-electron chi connectivity index (χ1n) is 7.61. The molecule has 0 atom stereocenters. The molecular weight excluding hydrogens is 288 g/mol. The first-order valence-corrected chi connectivity index (χ1v) is 7.61. The summed E-state index contributed by atoms with van der Waals surface area (Å²) >= 11 is 0. The van der Waals surface area contributed by atoms with Crippen molar-refractivity contribution < 1.29 is 14.3 Å². The molecule has 1 aliphatic carbocycles. The zero-order valence-corrected chi connectivity index (χ0v) is 13.8. The summed E-state index contributed by atoms with van der Waals surface area (Å²) in [5.74, 6) is 1.10. The fourth-order valence-electron chi connectivity index (χ4n) is 3.06. The fourth-order valence-corrected chi connectivity index (χ4v) is 3.06. The molecule has 0 spiro atoms. The molecular formula is C20H20O3. The molecule has 0 fully saturated rings. The summed E-state index contributed by atoms with van der Waals surface area (Å²) in [5, 5.41) is 0. The highest BCUT2D eigenvalue weighted by molar-refractivity contribution is 5.87. The van der Waals surface area contributed by atoms with Crippen molar-refractivity contribution in [1.29, 1.82) is 0 Å². The van der Waals surface area contributed by atoms with Crippen LogP contribution < -0.4 is 9.47 Å². The van der Waals surface area contributed by atoms with Crippen molar-refractivity contribution in [2.75, 3.05) is 7.11 Å². The lowest BCUT2D eigenvalue weighted by Gasteiger charge is -2.17. The van der Waals surface area contributed by atoms with Crippen molar-refractivity contribution in [3.63, 3.8) is 0 Å². The van der Waals surface area contributed by atoms with Crippen LogP contribution in [0.3, 0.4) is 0 Å². The Morgan fingerprint density at radius 2 is 1.65 bits per heavy atom. The van der Waals surface area contributed by atoms with E-state index in [4.69, 9.17) is 9.47 Å². The molecule has 3 rings (SSSR count). The first kappa shape index (κ1) is 15.3. The van der Waals surface area contributed by atoms with Crippen LogP contribution in [-0.2, 0) is 10.2 Å². The molecule has 0 amide bonds. The maximum atomic E-state index is 11.0. The van der Waals surface area contributed by atoms with Gasteiger partial charge in [-0.25, -0.2) is 0 Å². The van der Waals surface area contributed by atoms with Gasteiger partial charge in [0.2, 0.25) is 0 Å². The Hall–Kier alpha value is -2.55. The number of hydrogen-bond acceptors (Lipinski definition) is 3. The zero-order valence-electron chi connectivity index (χ0n) is 13.8. The van der Waals surface area contributed by atoms with Crippen molar-refractivity contribution in [1.82, 2.24) is 0 Å². The number of carbonyl (C=O) groups excluding carboxylic acids is 1. The minimum atomic E-state index is -0.311. The van der Waals surface area contributed by atoms with Gasteiger partial charge in [-0.3, -0.25) is 4.79 Å². The quantitative estimate of drug-likeness (QED) is 0.625. The van der Waals surface area contributed by atoms with Gasteiger partial charge in [0.05, 0.1) is 7.11 Å². The van der Waals surface area contributed by atoms with E-state index in [0.717, 1.165) is 11.3 Å². The minimum Gasteiger partial charge on any atom is -0.497 e. The maximum Gasteiger partial charge on any atom is 0.308 e. The summed E-state index contributed by atoms with van der Waals surface area (Å²) in [7, 11) is 1.68. The van der Waals surface area contributed by atoms with Crippen LogP contribution in [0.15, 0.2) is 48.5 Å². The normalized spacial score (nSPS) is 14.9. The molecule has 118 valence electrons. The minimum absolute atomic E-state index is 0.0223. The van der Waals surface area contributed by atoms with Gasteiger partial charge in [0.15, 0.2) is 0 Å². The Kier molecular flexibility index (Phi) is 3.72. The molecule has 23 heavy (non-hydrogen) atoms. The SMILES string of the molecule is COc1ccc2c(c1)C(c1ccc(OC(C)=O)cc1)=CC2(C)C. The number of benzene rings is 2. The second-order valence-corrected chi connectivity index (χ2v) is 6.31. The van der Waals surface area contributed by atoms with E-state index in [2.05, 4.69) is 32.1 Å². The largest absolute Gasteiger partial charge is 0.497 e. The van der Waals surface area contributed by atoms with E-state index in [9.17, 15) is 4.79 Å². The highest BCUT2D eigenvalue weighted by Crippen LogP contribution is 2.44. The van der Waals surface area contributed by atoms with Crippen molar-refractivity contribution in [3.8, 4) is 11.5 Å². The average molecular weight is 308 g/mol. The molecule has 2 aromatic rings. The topological polar surface area (TPSA) is 35.5 Å². The molecule has 0 heterocycles. The second kappa shape index (κ2) is 5.58. The summed E-state index contributed by atoms with van der Waals surface area (Å²) < 4.78 is 10.5. The number of carbonyl (C=O) groups is 1. The van der Waals surface area contributed by atoms with Gasteiger partial charge in [0.25, 0.3) is 0 Å². The van der Waals surface area contributed by atoms with Crippen LogP contribution in [0.25, 0.3) is 5.57 Å². The number of allylic oxidation sites excluding steroid dienone is 1. The van der Waals surface area contributed by atoms with Gasteiger partial charge in [-0.15, -0.1) is 0 Å². The van der Waals surface area contributed by atoms with Crippen LogP contribution in [0.5, 0.6) is 11.5 Å². The van der Waals surface area contributed by atoms with Gasteiger partial charge in [0.1, 0.15) is 11.5 Å². The van der Waals surface area contributed by atoms with Crippen molar-refractivity contribution in [2.45, 2.75) is 26.2 Å². The summed E-state index contributed by atoms with van der Waals surface area (Å²) in [6.07, 6.45) is 2.28. The predicted molar refractivity (Wildman–Crippen MR) is 90.9 cm³/mol. The number of fused-ring (bicyclic) bond motifs is 1. The third-order valence-electron chi connectivity index (χ3n) is 4.14. The van der Waals surface area contributed by atoms with Crippen LogP contribution in [-0.4, -0.2) is 13.1 Å². The maximum absolute atomic E-state index is 11.0. The van der Waals surface area contributed by atoms with Gasteiger partial charge in [-0.2, -0.15) is 0 Å². The molecule has 0 aliphatic heterocycles. The molecule has 1 aliphatic rings. The Morgan fingerprint density at radius 1 is 1.00 bits per heavy atom. The van der Waals surface area contributed by atoms with Crippen molar-refractivity contribution in [2.24, 2.45) is 0 Å². The lowest BCUT2D eigenvalue weighted by atomic mass is 9.87. The molecule has 0 unspecified atom stereocenters. The van der Waals surface area contributed by atoms with Crippen LogP contribution in [0.1, 0.15) is 37.5 Å². The van der Waals surface area contributed by atoms with E-state index >= 15 is 0 Å². The first-order chi connectivity index (χ1) is 10.9. The van der Waals surface area contributed by atoms with E-state index in [0.29, 0.717) is 5.75 Å². The van der Waals surface area contributed by atoms with Crippen LogP contribution in [0.2, 0.25) is 0 Å². The molecule has 0 bridgehead atoms. The molecule has 2 aromatic carbocycles. The Morgan fingerprint density at radius 3 is 2.26 bits per heavy atom. The average Bonchev–Trinajstić information content (AvgIpc) is 2.78. The predicted octanol–water partition coefficient (Wildman–Crippen LogP) is 4.34. The van der Waals surface area contributed by atoms with Crippen LogP contribution in [0.4, 0.5) is 0 Å². The summed E-state index contributed by atoms with van der Waals surface area (Å²) in [6, 6.07) is 13.8. The van der Waals surface area contributed by atoms with Gasteiger partial charge in [0, 0.05) is 12.3 Å².